The van der Waals surface area contributed by atoms with Crippen LogP contribution < -0.4 is 11.1 Å². The molecule has 0 saturated carbocycles. The second-order valence-electron chi connectivity index (χ2n) is 3.48. The van der Waals surface area contributed by atoms with Gasteiger partial charge in [0.2, 0.25) is 0 Å². The van der Waals surface area contributed by atoms with Crippen molar-refractivity contribution in [1.82, 2.24) is 4.98 Å². The monoisotopic (exact) mass is 317 g/mol. The van der Waals surface area contributed by atoms with E-state index in [1.165, 1.54) is 6.20 Å². The molecule has 3 nitrogen and oxygen atoms in total. The minimum atomic E-state index is -1.51. The van der Waals surface area contributed by atoms with Crippen molar-refractivity contribution in [2.45, 2.75) is 0 Å². The summed E-state index contributed by atoms with van der Waals surface area (Å²) in [6.07, 6.45) is 1.38. The Hall–Kier alpha value is -1.76. The molecular formula is C11H7BrF3N3. The number of nitrogens with two attached hydrogens (primary N) is 1. The molecule has 0 saturated heterocycles. The van der Waals surface area contributed by atoms with Crippen LogP contribution in [0.3, 0.4) is 0 Å². The molecule has 7 heteroatoms. The van der Waals surface area contributed by atoms with Crippen LogP contribution in [0.5, 0.6) is 0 Å². The summed E-state index contributed by atoms with van der Waals surface area (Å²) in [6, 6.07) is 3.25. The highest BCUT2D eigenvalue weighted by atomic mass is 79.9. The summed E-state index contributed by atoms with van der Waals surface area (Å²) in [7, 11) is 0. The fraction of sp³-hybridized carbons (Fsp3) is 0. The molecule has 1 heterocycles. The number of halogens is 4. The summed E-state index contributed by atoms with van der Waals surface area (Å²) < 4.78 is 39.3. The van der Waals surface area contributed by atoms with Gasteiger partial charge in [0.15, 0.2) is 17.5 Å². The molecule has 94 valence electrons. The predicted molar refractivity (Wildman–Crippen MR) is 65.9 cm³/mol. The Morgan fingerprint density at radius 2 is 1.72 bits per heavy atom. The molecule has 2 aromatic rings. The van der Waals surface area contributed by atoms with Gasteiger partial charge < -0.3 is 11.1 Å². The molecule has 0 atom stereocenters. The van der Waals surface area contributed by atoms with Crippen LogP contribution >= 0.6 is 15.9 Å². The first-order valence-electron chi connectivity index (χ1n) is 4.80. The first-order valence-corrected chi connectivity index (χ1v) is 5.59. The van der Waals surface area contributed by atoms with Crippen LogP contribution in [0, 0.1) is 17.5 Å². The Kier molecular flexibility index (Phi) is 3.42. The number of aromatic nitrogens is 1. The van der Waals surface area contributed by atoms with Crippen LogP contribution in [0.25, 0.3) is 0 Å². The Labute approximate surface area is 109 Å². The zero-order valence-corrected chi connectivity index (χ0v) is 10.4. The van der Waals surface area contributed by atoms with Crippen molar-refractivity contribution in [3.8, 4) is 0 Å². The molecule has 0 aliphatic heterocycles. The molecule has 1 aromatic heterocycles. The van der Waals surface area contributed by atoms with E-state index in [4.69, 9.17) is 5.73 Å². The van der Waals surface area contributed by atoms with E-state index in [0.29, 0.717) is 16.0 Å². The number of nitrogens with one attached hydrogen (secondary N) is 1. The minimum Gasteiger partial charge on any atom is -0.397 e. The highest BCUT2D eigenvalue weighted by molar-refractivity contribution is 9.10. The normalized spacial score (nSPS) is 10.4. The summed E-state index contributed by atoms with van der Waals surface area (Å²) >= 11 is 3.19. The summed E-state index contributed by atoms with van der Waals surface area (Å²) in [6.45, 7) is 0. The van der Waals surface area contributed by atoms with Gasteiger partial charge in [-0.1, -0.05) is 0 Å². The number of nitrogens with zero attached hydrogens (tertiary/aromatic N) is 1. The molecule has 18 heavy (non-hydrogen) atoms. The Bertz CT molecular complexity index is 581. The molecule has 3 N–H and O–H groups in total. The fourth-order valence-corrected chi connectivity index (χ4v) is 1.77. The quantitative estimate of drug-likeness (QED) is 0.832. The maximum atomic E-state index is 13.0. The van der Waals surface area contributed by atoms with Crippen molar-refractivity contribution in [2.24, 2.45) is 0 Å². The van der Waals surface area contributed by atoms with Crippen molar-refractivity contribution in [3.63, 3.8) is 0 Å². The van der Waals surface area contributed by atoms with E-state index in [-0.39, 0.29) is 5.69 Å². The number of pyridine rings is 1. The van der Waals surface area contributed by atoms with Crippen molar-refractivity contribution < 1.29 is 13.2 Å². The van der Waals surface area contributed by atoms with E-state index in [0.717, 1.165) is 12.1 Å². The van der Waals surface area contributed by atoms with Gasteiger partial charge in [-0.3, -0.25) is 0 Å². The molecule has 0 aliphatic carbocycles. The first kappa shape index (κ1) is 12.7. The summed E-state index contributed by atoms with van der Waals surface area (Å²) in [5, 5.41) is 2.65. The van der Waals surface area contributed by atoms with Crippen LogP contribution in [-0.2, 0) is 0 Å². The fourth-order valence-electron chi connectivity index (χ4n) is 1.31. The average Bonchev–Trinajstić information content (AvgIpc) is 2.29. The van der Waals surface area contributed by atoms with E-state index in [9.17, 15) is 13.2 Å². The second-order valence-corrected chi connectivity index (χ2v) is 4.33. The Morgan fingerprint density at radius 3 is 2.28 bits per heavy atom. The topological polar surface area (TPSA) is 50.9 Å². The van der Waals surface area contributed by atoms with Gasteiger partial charge >= 0.3 is 0 Å². The maximum Gasteiger partial charge on any atom is 0.194 e. The largest absolute Gasteiger partial charge is 0.397 e. The van der Waals surface area contributed by atoms with E-state index in [2.05, 4.69) is 26.2 Å². The Morgan fingerprint density at radius 1 is 1.11 bits per heavy atom. The van der Waals surface area contributed by atoms with Crippen molar-refractivity contribution in [2.75, 3.05) is 11.1 Å². The van der Waals surface area contributed by atoms with E-state index in [1.807, 2.05) is 0 Å². The van der Waals surface area contributed by atoms with Crippen LogP contribution in [0.4, 0.5) is 30.4 Å². The van der Waals surface area contributed by atoms with Crippen molar-refractivity contribution in [1.29, 1.82) is 0 Å². The van der Waals surface area contributed by atoms with E-state index in [1.54, 1.807) is 6.07 Å². The first-order chi connectivity index (χ1) is 8.47. The molecule has 0 bridgehead atoms. The molecule has 1 aromatic carbocycles. The minimum absolute atomic E-state index is 0.0457. The number of anilines is 3. The lowest BCUT2D eigenvalue weighted by Crippen LogP contribution is -1.99. The molecule has 0 fully saturated rings. The van der Waals surface area contributed by atoms with Crippen LogP contribution in [0.1, 0.15) is 0 Å². The number of nitrogen functional groups attached to an aromatic ring is 1. The molecule has 0 amide bonds. The van der Waals surface area contributed by atoms with Crippen molar-refractivity contribution >= 4 is 33.1 Å². The third-order valence-electron chi connectivity index (χ3n) is 2.11. The van der Waals surface area contributed by atoms with Gasteiger partial charge in [0, 0.05) is 17.8 Å². The Balaban J connectivity index is 2.34. The van der Waals surface area contributed by atoms with Crippen molar-refractivity contribution in [3.05, 3.63) is 46.3 Å². The third kappa shape index (κ3) is 2.56. The van der Waals surface area contributed by atoms with Gasteiger partial charge in [-0.05, 0) is 22.0 Å². The van der Waals surface area contributed by atoms with E-state index >= 15 is 0 Å². The molecule has 0 radical (unpaired) electrons. The summed E-state index contributed by atoms with van der Waals surface area (Å²) in [4.78, 5) is 3.93. The lowest BCUT2D eigenvalue weighted by Gasteiger charge is -2.08. The molecule has 0 aliphatic rings. The lowest BCUT2D eigenvalue weighted by molar-refractivity contribution is 0.448. The molecule has 0 unspecified atom stereocenters. The van der Waals surface area contributed by atoms with Crippen LogP contribution in [-0.4, -0.2) is 4.98 Å². The summed E-state index contributed by atoms with van der Waals surface area (Å²) in [5.74, 6) is -3.74. The molecule has 0 spiro atoms. The molecular weight excluding hydrogens is 311 g/mol. The zero-order chi connectivity index (χ0) is 13.3. The number of benzene rings is 1. The average molecular weight is 318 g/mol. The highest BCUT2D eigenvalue weighted by Gasteiger charge is 2.11. The van der Waals surface area contributed by atoms with Gasteiger partial charge in [0.1, 0.15) is 5.82 Å². The second kappa shape index (κ2) is 4.85. The highest BCUT2D eigenvalue weighted by Crippen LogP contribution is 2.26. The number of hydrogen-bond donors (Lipinski definition) is 2. The third-order valence-corrected chi connectivity index (χ3v) is 2.71. The van der Waals surface area contributed by atoms with E-state index < -0.39 is 17.5 Å². The van der Waals surface area contributed by atoms with Gasteiger partial charge in [0.05, 0.1) is 16.4 Å². The maximum absolute atomic E-state index is 13.0. The number of rotatable bonds is 2. The SMILES string of the molecule is Nc1cnc(Nc2cc(F)c(F)c(F)c2)c(Br)c1. The van der Waals surface area contributed by atoms with Gasteiger partial charge in [0.25, 0.3) is 0 Å². The van der Waals surface area contributed by atoms with Crippen LogP contribution in [0.15, 0.2) is 28.9 Å². The summed E-state index contributed by atoms with van der Waals surface area (Å²) in [5.41, 5.74) is 5.98. The lowest BCUT2D eigenvalue weighted by atomic mass is 10.3. The zero-order valence-electron chi connectivity index (χ0n) is 8.85. The number of hydrogen-bond acceptors (Lipinski definition) is 3. The van der Waals surface area contributed by atoms with Gasteiger partial charge in [-0.2, -0.15) is 0 Å². The molecule has 2 rings (SSSR count). The smallest absolute Gasteiger partial charge is 0.194 e. The standard InChI is InChI=1S/C11H7BrF3N3/c12-7-1-5(16)4-17-11(7)18-6-2-8(13)10(15)9(14)3-6/h1-4H,16H2,(H,17,18). The predicted octanol–water partition coefficient (Wildman–Crippen LogP) is 3.59. The van der Waals surface area contributed by atoms with Crippen LogP contribution in [0.2, 0.25) is 0 Å². The van der Waals surface area contributed by atoms with Gasteiger partial charge in [-0.15, -0.1) is 0 Å². The van der Waals surface area contributed by atoms with Gasteiger partial charge in [-0.25, -0.2) is 18.2 Å².